The predicted octanol–water partition coefficient (Wildman–Crippen LogP) is 2.35. The average molecular weight is 249 g/mol. The van der Waals surface area contributed by atoms with Gasteiger partial charge in [0.15, 0.2) is 0 Å². The molecule has 3 aliphatic rings. The van der Waals surface area contributed by atoms with Crippen molar-refractivity contribution in [2.75, 3.05) is 6.54 Å². The van der Waals surface area contributed by atoms with Crippen LogP contribution in [0.3, 0.4) is 0 Å². The third-order valence-corrected chi connectivity index (χ3v) is 4.76. The highest BCUT2D eigenvalue weighted by molar-refractivity contribution is 6.00. The monoisotopic (exact) mass is 249 g/mol. The Morgan fingerprint density at radius 2 is 1.53 bits per heavy atom. The number of carbonyl (C=O) groups excluding carboxylic acids is 1. The third kappa shape index (κ3) is 1.13. The lowest BCUT2D eigenvalue weighted by Crippen LogP contribution is -2.52. The minimum Gasteiger partial charge on any atom is -0.329 e. The Balaban J connectivity index is 2.15. The largest absolute Gasteiger partial charge is 0.329 e. The normalized spacial score (nSPS) is 27.0. The van der Waals surface area contributed by atoms with E-state index in [9.17, 15) is 4.79 Å². The van der Waals surface area contributed by atoms with Crippen molar-refractivity contribution in [3.05, 3.63) is 70.8 Å². The lowest BCUT2D eigenvalue weighted by atomic mass is 9.54. The van der Waals surface area contributed by atoms with Crippen molar-refractivity contribution in [1.82, 2.24) is 0 Å². The fourth-order valence-electron chi connectivity index (χ4n) is 3.91. The van der Waals surface area contributed by atoms with Crippen molar-refractivity contribution in [2.45, 2.75) is 17.8 Å². The molecule has 0 radical (unpaired) electrons. The highest BCUT2D eigenvalue weighted by Crippen LogP contribution is 2.53. The van der Waals surface area contributed by atoms with E-state index in [2.05, 4.69) is 36.4 Å². The van der Waals surface area contributed by atoms with Crippen molar-refractivity contribution in [3.63, 3.8) is 0 Å². The van der Waals surface area contributed by atoms with Crippen LogP contribution >= 0.6 is 0 Å². The Hall–Kier alpha value is -1.93. The number of hydrogen-bond donors (Lipinski definition) is 1. The van der Waals surface area contributed by atoms with Gasteiger partial charge in [-0.3, -0.25) is 4.79 Å². The quantitative estimate of drug-likeness (QED) is 0.843. The van der Waals surface area contributed by atoms with Crippen LogP contribution in [0, 0.1) is 0 Å². The molecule has 0 aliphatic heterocycles. The Morgan fingerprint density at radius 3 is 2.05 bits per heavy atom. The Kier molecular flexibility index (Phi) is 2.04. The van der Waals surface area contributed by atoms with Crippen LogP contribution in [0.5, 0.6) is 0 Å². The highest BCUT2D eigenvalue weighted by atomic mass is 16.1. The summed E-state index contributed by atoms with van der Waals surface area (Å²) in [6, 6.07) is 16.6. The van der Waals surface area contributed by atoms with Crippen molar-refractivity contribution >= 4 is 5.78 Å². The SMILES string of the molecule is NCC12C(=O)CC(c3ccccc31)c1ccccc12. The molecule has 2 bridgehead atoms. The molecule has 2 heteroatoms. The highest BCUT2D eigenvalue weighted by Gasteiger charge is 2.52. The van der Waals surface area contributed by atoms with Crippen molar-refractivity contribution in [1.29, 1.82) is 0 Å². The average Bonchev–Trinajstić information content (AvgIpc) is 2.48. The number of Topliss-reactive ketones (excluding diaryl/α,β-unsaturated/α-hetero) is 1. The van der Waals surface area contributed by atoms with E-state index in [0.29, 0.717) is 13.0 Å². The smallest absolute Gasteiger partial charge is 0.150 e. The molecule has 5 rings (SSSR count). The zero-order valence-electron chi connectivity index (χ0n) is 10.6. The summed E-state index contributed by atoms with van der Waals surface area (Å²) in [6.45, 7) is 0.354. The molecule has 19 heavy (non-hydrogen) atoms. The van der Waals surface area contributed by atoms with Gasteiger partial charge in [0, 0.05) is 18.9 Å². The number of carbonyl (C=O) groups is 1. The molecule has 94 valence electrons. The van der Waals surface area contributed by atoms with Gasteiger partial charge in [-0.1, -0.05) is 48.5 Å². The van der Waals surface area contributed by atoms with Gasteiger partial charge in [-0.2, -0.15) is 0 Å². The first-order valence-corrected chi connectivity index (χ1v) is 6.71. The van der Waals surface area contributed by atoms with E-state index in [1.807, 2.05) is 12.1 Å². The molecular formula is C17H15NO. The molecule has 0 saturated carbocycles. The molecule has 0 unspecified atom stereocenters. The molecule has 2 aromatic carbocycles. The first-order chi connectivity index (χ1) is 9.29. The van der Waals surface area contributed by atoms with Crippen molar-refractivity contribution < 1.29 is 4.79 Å². The Labute approximate surface area is 112 Å². The van der Waals surface area contributed by atoms with Crippen LogP contribution in [0.1, 0.15) is 34.6 Å². The first-order valence-electron chi connectivity index (χ1n) is 6.71. The lowest BCUT2D eigenvalue weighted by molar-refractivity contribution is -0.124. The van der Waals surface area contributed by atoms with Gasteiger partial charge in [-0.05, 0) is 22.3 Å². The maximum Gasteiger partial charge on any atom is 0.150 e. The third-order valence-electron chi connectivity index (χ3n) is 4.76. The van der Waals surface area contributed by atoms with Gasteiger partial charge < -0.3 is 5.73 Å². The van der Waals surface area contributed by atoms with Gasteiger partial charge in [-0.25, -0.2) is 0 Å². The summed E-state index contributed by atoms with van der Waals surface area (Å²) in [5.41, 5.74) is 10.3. The second-order valence-corrected chi connectivity index (χ2v) is 5.46. The molecule has 2 nitrogen and oxygen atoms in total. The van der Waals surface area contributed by atoms with Gasteiger partial charge in [0.05, 0.1) is 5.41 Å². The van der Waals surface area contributed by atoms with Crippen LogP contribution in [-0.4, -0.2) is 12.3 Å². The van der Waals surface area contributed by atoms with Crippen LogP contribution in [0.25, 0.3) is 0 Å². The van der Waals surface area contributed by atoms with Gasteiger partial charge >= 0.3 is 0 Å². The number of ketones is 1. The summed E-state index contributed by atoms with van der Waals surface area (Å²) >= 11 is 0. The zero-order valence-corrected chi connectivity index (χ0v) is 10.6. The number of hydrogen-bond acceptors (Lipinski definition) is 2. The molecule has 0 heterocycles. The summed E-state index contributed by atoms with van der Waals surface area (Å²) in [7, 11) is 0. The Morgan fingerprint density at radius 1 is 1.00 bits per heavy atom. The molecule has 2 N–H and O–H groups in total. The number of fused-ring (bicyclic) bond motifs is 1. The summed E-state index contributed by atoms with van der Waals surface area (Å²) in [6.07, 6.45) is 0.589. The minimum absolute atomic E-state index is 0.216. The van der Waals surface area contributed by atoms with Crippen molar-refractivity contribution in [2.24, 2.45) is 5.73 Å². The first kappa shape index (κ1) is 10.9. The minimum atomic E-state index is -0.609. The van der Waals surface area contributed by atoms with Crippen LogP contribution in [0.15, 0.2) is 48.5 Å². The van der Waals surface area contributed by atoms with E-state index < -0.39 is 5.41 Å². The summed E-state index contributed by atoms with van der Waals surface area (Å²) in [4.78, 5) is 12.7. The van der Waals surface area contributed by atoms with E-state index >= 15 is 0 Å². The summed E-state index contributed by atoms with van der Waals surface area (Å²) < 4.78 is 0. The van der Waals surface area contributed by atoms with Gasteiger partial charge in [0.2, 0.25) is 0 Å². The molecule has 0 amide bonds. The number of benzene rings is 2. The molecule has 2 aromatic rings. The molecule has 0 atom stereocenters. The molecule has 0 spiro atoms. The second kappa shape index (κ2) is 3.55. The van der Waals surface area contributed by atoms with Crippen LogP contribution in [0.4, 0.5) is 0 Å². The van der Waals surface area contributed by atoms with Gasteiger partial charge in [0.1, 0.15) is 5.78 Å². The topological polar surface area (TPSA) is 43.1 Å². The van der Waals surface area contributed by atoms with E-state index in [1.165, 1.54) is 11.1 Å². The molecule has 0 aromatic heterocycles. The number of nitrogens with two attached hydrogens (primary N) is 1. The lowest BCUT2D eigenvalue weighted by Gasteiger charge is -2.47. The van der Waals surface area contributed by atoms with E-state index in [-0.39, 0.29) is 11.7 Å². The van der Waals surface area contributed by atoms with Gasteiger partial charge in [0.25, 0.3) is 0 Å². The fraction of sp³-hybridized carbons (Fsp3) is 0.235. The maximum absolute atomic E-state index is 12.7. The van der Waals surface area contributed by atoms with Gasteiger partial charge in [-0.15, -0.1) is 0 Å². The van der Waals surface area contributed by atoms with Crippen LogP contribution in [0.2, 0.25) is 0 Å². The van der Waals surface area contributed by atoms with Crippen LogP contribution < -0.4 is 5.73 Å². The standard InChI is InChI=1S/C17H15NO/c18-10-17-14-7-3-1-5-11(14)13(9-16(17)19)12-6-2-4-8-15(12)17/h1-8,13H,9-10,18H2. The molecule has 0 fully saturated rings. The van der Waals surface area contributed by atoms with E-state index in [0.717, 1.165) is 11.1 Å². The van der Waals surface area contributed by atoms with Crippen LogP contribution in [-0.2, 0) is 10.2 Å². The summed E-state index contributed by atoms with van der Waals surface area (Å²) in [5.74, 6) is 0.491. The predicted molar refractivity (Wildman–Crippen MR) is 74.2 cm³/mol. The summed E-state index contributed by atoms with van der Waals surface area (Å²) in [5, 5.41) is 0. The maximum atomic E-state index is 12.7. The number of rotatable bonds is 1. The zero-order chi connectivity index (χ0) is 13.0. The second-order valence-electron chi connectivity index (χ2n) is 5.46. The molecule has 0 saturated heterocycles. The van der Waals surface area contributed by atoms with Crippen molar-refractivity contribution in [3.8, 4) is 0 Å². The molecule has 3 aliphatic carbocycles. The molecular weight excluding hydrogens is 234 g/mol. The Bertz CT molecular complexity index is 642. The van der Waals surface area contributed by atoms with E-state index in [4.69, 9.17) is 5.73 Å². The fourth-order valence-corrected chi connectivity index (χ4v) is 3.91. The van der Waals surface area contributed by atoms with E-state index in [1.54, 1.807) is 0 Å².